The lowest BCUT2D eigenvalue weighted by Crippen LogP contribution is -2.04. The third kappa shape index (κ3) is 2.83. The van der Waals surface area contributed by atoms with Gasteiger partial charge in [-0.25, -0.2) is 4.39 Å². The largest absolute Gasteiger partial charge is 0.364 e. The Morgan fingerprint density at radius 1 is 1.11 bits per heavy atom. The fraction of sp³-hybridized carbons (Fsp3) is 0.286. The number of nitrogens with zero attached hydrogens (tertiary/aromatic N) is 2. The fourth-order valence-corrected chi connectivity index (χ4v) is 1.88. The molecule has 0 spiro atoms. The van der Waals surface area contributed by atoms with Crippen molar-refractivity contribution in [2.75, 3.05) is 5.32 Å². The highest BCUT2D eigenvalue weighted by molar-refractivity contribution is 5.38. The Morgan fingerprint density at radius 2 is 1.78 bits per heavy atom. The zero-order chi connectivity index (χ0) is 13.1. The second-order valence-electron chi connectivity index (χ2n) is 4.52. The maximum Gasteiger partial charge on any atom is 0.149 e. The molecule has 0 saturated carbocycles. The quantitative estimate of drug-likeness (QED) is 0.902. The van der Waals surface area contributed by atoms with Crippen molar-refractivity contribution in [3.8, 4) is 0 Å². The third-order valence-corrected chi connectivity index (χ3v) is 2.76. The third-order valence-electron chi connectivity index (χ3n) is 2.76. The Hall–Kier alpha value is -1.97. The maximum atomic E-state index is 13.5. The number of anilines is 1. The predicted octanol–water partition coefficient (Wildman–Crippen LogP) is 3.15. The number of rotatable bonds is 3. The van der Waals surface area contributed by atoms with Crippen LogP contribution in [0, 0.1) is 26.6 Å². The summed E-state index contributed by atoms with van der Waals surface area (Å²) < 4.78 is 13.5. The number of hydrogen-bond donors (Lipinski definition) is 1. The van der Waals surface area contributed by atoms with Gasteiger partial charge in [0, 0.05) is 6.54 Å². The summed E-state index contributed by atoms with van der Waals surface area (Å²) in [4.78, 5) is 0. The molecular formula is C14H16FN3. The molecule has 0 unspecified atom stereocenters. The summed E-state index contributed by atoms with van der Waals surface area (Å²) in [5.74, 6) is 0.601. The molecule has 0 radical (unpaired) electrons. The minimum Gasteiger partial charge on any atom is -0.364 e. The van der Waals surface area contributed by atoms with Gasteiger partial charge in [0.05, 0.1) is 6.20 Å². The first-order valence-corrected chi connectivity index (χ1v) is 5.85. The standard InChI is InChI=1S/C14H16FN3/c1-9-4-13(18-17-7-9)16-8-12-5-10(2)14(15)11(3)6-12/h4-7H,8H2,1-3H3,(H,16,18). The van der Waals surface area contributed by atoms with Crippen LogP contribution in [0.2, 0.25) is 0 Å². The maximum absolute atomic E-state index is 13.5. The monoisotopic (exact) mass is 245 g/mol. The van der Waals surface area contributed by atoms with Crippen molar-refractivity contribution in [1.82, 2.24) is 10.2 Å². The van der Waals surface area contributed by atoms with Crippen LogP contribution in [0.15, 0.2) is 24.4 Å². The van der Waals surface area contributed by atoms with Gasteiger partial charge in [0.15, 0.2) is 0 Å². The average molecular weight is 245 g/mol. The molecule has 1 heterocycles. The van der Waals surface area contributed by atoms with Crippen LogP contribution in [0.5, 0.6) is 0 Å². The van der Waals surface area contributed by atoms with Crippen LogP contribution in [0.1, 0.15) is 22.3 Å². The first-order chi connectivity index (χ1) is 8.56. The highest BCUT2D eigenvalue weighted by Gasteiger charge is 2.04. The molecule has 1 N–H and O–H groups in total. The Bertz CT molecular complexity index is 544. The number of hydrogen-bond acceptors (Lipinski definition) is 3. The summed E-state index contributed by atoms with van der Waals surface area (Å²) in [6, 6.07) is 5.62. The van der Waals surface area contributed by atoms with Gasteiger partial charge >= 0.3 is 0 Å². The van der Waals surface area contributed by atoms with Gasteiger partial charge in [-0.2, -0.15) is 5.10 Å². The normalized spacial score (nSPS) is 10.4. The SMILES string of the molecule is Cc1cnnc(NCc2cc(C)c(F)c(C)c2)c1. The van der Waals surface area contributed by atoms with Crippen molar-refractivity contribution in [3.05, 3.63) is 52.5 Å². The van der Waals surface area contributed by atoms with Gasteiger partial charge < -0.3 is 5.32 Å². The summed E-state index contributed by atoms with van der Waals surface area (Å²) in [5.41, 5.74) is 3.43. The number of halogens is 1. The summed E-state index contributed by atoms with van der Waals surface area (Å²) >= 11 is 0. The van der Waals surface area contributed by atoms with Crippen LogP contribution in [0.25, 0.3) is 0 Å². The minimum atomic E-state index is -0.130. The highest BCUT2D eigenvalue weighted by Crippen LogP contribution is 2.15. The second-order valence-corrected chi connectivity index (χ2v) is 4.52. The fourth-order valence-electron chi connectivity index (χ4n) is 1.88. The number of nitrogens with one attached hydrogen (secondary N) is 1. The van der Waals surface area contributed by atoms with Crippen molar-refractivity contribution in [2.24, 2.45) is 0 Å². The molecule has 0 fully saturated rings. The Morgan fingerprint density at radius 3 is 2.39 bits per heavy atom. The molecule has 2 rings (SSSR count). The van der Waals surface area contributed by atoms with Crippen molar-refractivity contribution in [3.63, 3.8) is 0 Å². The van der Waals surface area contributed by atoms with E-state index in [1.165, 1.54) is 0 Å². The van der Waals surface area contributed by atoms with E-state index in [1.54, 1.807) is 20.0 Å². The van der Waals surface area contributed by atoms with E-state index >= 15 is 0 Å². The van der Waals surface area contributed by atoms with E-state index in [1.807, 2.05) is 25.1 Å². The van der Waals surface area contributed by atoms with Crippen molar-refractivity contribution in [2.45, 2.75) is 27.3 Å². The van der Waals surface area contributed by atoms with Crippen LogP contribution in [-0.2, 0) is 6.54 Å². The second kappa shape index (κ2) is 5.12. The molecule has 0 atom stereocenters. The van der Waals surface area contributed by atoms with Gasteiger partial charge in [0.1, 0.15) is 11.6 Å². The topological polar surface area (TPSA) is 37.8 Å². The van der Waals surface area contributed by atoms with E-state index < -0.39 is 0 Å². The predicted molar refractivity (Wildman–Crippen MR) is 70.0 cm³/mol. The van der Waals surface area contributed by atoms with Gasteiger partial charge in [-0.05, 0) is 49.1 Å². The summed E-state index contributed by atoms with van der Waals surface area (Å²) in [6.07, 6.45) is 1.71. The van der Waals surface area contributed by atoms with E-state index in [-0.39, 0.29) is 5.82 Å². The van der Waals surface area contributed by atoms with Crippen LogP contribution in [0.3, 0.4) is 0 Å². The summed E-state index contributed by atoms with van der Waals surface area (Å²) in [5, 5.41) is 11.0. The van der Waals surface area contributed by atoms with E-state index in [4.69, 9.17) is 0 Å². The number of aromatic nitrogens is 2. The zero-order valence-corrected chi connectivity index (χ0v) is 10.8. The van der Waals surface area contributed by atoms with Crippen molar-refractivity contribution < 1.29 is 4.39 Å². The first kappa shape index (κ1) is 12.5. The molecule has 1 aromatic carbocycles. The lowest BCUT2D eigenvalue weighted by Gasteiger charge is -2.08. The molecule has 3 nitrogen and oxygen atoms in total. The molecule has 0 aliphatic rings. The first-order valence-electron chi connectivity index (χ1n) is 5.85. The Kier molecular flexibility index (Phi) is 3.55. The lowest BCUT2D eigenvalue weighted by molar-refractivity contribution is 0.608. The van der Waals surface area contributed by atoms with Crippen LogP contribution in [0.4, 0.5) is 10.2 Å². The Labute approximate surface area is 106 Å². The highest BCUT2D eigenvalue weighted by atomic mass is 19.1. The Balaban J connectivity index is 2.11. The average Bonchev–Trinajstić information content (AvgIpc) is 2.33. The van der Waals surface area contributed by atoms with Gasteiger partial charge in [0.2, 0.25) is 0 Å². The molecular weight excluding hydrogens is 229 g/mol. The smallest absolute Gasteiger partial charge is 0.149 e. The van der Waals surface area contributed by atoms with Crippen LogP contribution >= 0.6 is 0 Å². The molecule has 4 heteroatoms. The number of aryl methyl sites for hydroxylation is 3. The van der Waals surface area contributed by atoms with Crippen LogP contribution in [-0.4, -0.2) is 10.2 Å². The van der Waals surface area contributed by atoms with Gasteiger partial charge in [-0.3, -0.25) is 0 Å². The van der Waals surface area contributed by atoms with E-state index in [2.05, 4.69) is 15.5 Å². The van der Waals surface area contributed by atoms with Gasteiger partial charge in [-0.1, -0.05) is 12.1 Å². The lowest BCUT2D eigenvalue weighted by atomic mass is 10.1. The van der Waals surface area contributed by atoms with Crippen LogP contribution < -0.4 is 5.32 Å². The van der Waals surface area contributed by atoms with Gasteiger partial charge in [0.25, 0.3) is 0 Å². The van der Waals surface area contributed by atoms with E-state index in [0.717, 1.165) is 16.9 Å². The molecule has 18 heavy (non-hydrogen) atoms. The molecule has 0 amide bonds. The van der Waals surface area contributed by atoms with Gasteiger partial charge in [-0.15, -0.1) is 5.10 Å². The molecule has 0 bridgehead atoms. The van der Waals surface area contributed by atoms with E-state index in [9.17, 15) is 4.39 Å². The summed E-state index contributed by atoms with van der Waals surface area (Å²) in [7, 11) is 0. The molecule has 94 valence electrons. The van der Waals surface area contributed by atoms with Crippen molar-refractivity contribution >= 4 is 5.82 Å². The zero-order valence-electron chi connectivity index (χ0n) is 10.8. The molecule has 2 aromatic rings. The summed E-state index contributed by atoms with van der Waals surface area (Å²) in [6.45, 7) is 6.13. The van der Waals surface area contributed by atoms with Crippen molar-refractivity contribution in [1.29, 1.82) is 0 Å². The molecule has 0 aliphatic heterocycles. The molecule has 0 saturated heterocycles. The van der Waals surface area contributed by atoms with E-state index in [0.29, 0.717) is 17.7 Å². The minimum absolute atomic E-state index is 0.130. The molecule has 0 aliphatic carbocycles. The number of benzene rings is 1. The molecule has 1 aromatic heterocycles.